The molecule has 0 spiro atoms. The van der Waals surface area contributed by atoms with Crippen molar-refractivity contribution in [3.05, 3.63) is 0 Å². The van der Waals surface area contributed by atoms with Gasteiger partial charge >= 0.3 is 0 Å². The third kappa shape index (κ3) is 3.56. The standard InChI is InChI=1S/C11H24N2O/c1-11(5-3-4-6-11)9-13-8-10(7-12)14-2/h10,13H,3-9,12H2,1-2H3. The third-order valence-corrected chi connectivity index (χ3v) is 3.33. The molecule has 0 heterocycles. The summed E-state index contributed by atoms with van der Waals surface area (Å²) in [5.74, 6) is 0. The van der Waals surface area contributed by atoms with Crippen molar-refractivity contribution in [3.63, 3.8) is 0 Å². The number of rotatable bonds is 6. The zero-order chi connectivity index (χ0) is 10.4. The summed E-state index contributed by atoms with van der Waals surface area (Å²) < 4.78 is 5.21. The van der Waals surface area contributed by atoms with Gasteiger partial charge in [-0.05, 0) is 18.3 Å². The maximum absolute atomic E-state index is 5.55. The molecule has 3 N–H and O–H groups in total. The molecule has 1 rings (SSSR count). The molecular weight excluding hydrogens is 176 g/mol. The quantitative estimate of drug-likeness (QED) is 0.675. The molecule has 0 aromatic rings. The van der Waals surface area contributed by atoms with Crippen LogP contribution in [0.1, 0.15) is 32.6 Å². The van der Waals surface area contributed by atoms with Crippen molar-refractivity contribution in [1.82, 2.24) is 5.32 Å². The fourth-order valence-corrected chi connectivity index (χ4v) is 2.20. The Morgan fingerprint density at radius 1 is 1.43 bits per heavy atom. The number of ether oxygens (including phenoxy) is 1. The summed E-state index contributed by atoms with van der Waals surface area (Å²) in [6.07, 6.45) is 5.67. The molecule has 0 amide bonds. The maximum atomic E-state index is 5.55. The Labute approximate surface area is 87.4 Å². The normalized spacial score (nSPS) is 22.5. The lowest BCUT2D eigenvalue weighted by molar-refractivity contribution is 0.105. The first kappa shape index (κ1) is 12.0. The van der Waals surface area contributed by atoms with Crippen LogP contribution in [0, 0.1) is 5.41 Å². The van der Waals surface area contributed by atoms with Crippen molar-refractivity contribution in [3.8, 4) is 0 Å². The average Bonchev–Trinajstić information content (AvgIpc) is 2.60. The van der Waals surface area contributed by atoms with Crippen molar-refractivity contribution in [1.29, 1.82) is 0 Å². The highest BCUT2D eigenvalue weighted by Gasteiger charge is 2.27. The largest absolute Gasteiger partial charge is 0.379 e. The van der Waals surface area contributed by atoms with E-state index in [1.54, 1.807) is 7.11 Å². The Hall–Kier alpha value is -0.120. The summed E-state index contributed by atoms with van der Waals surface area (Å²) >= 11 is 0. The van der Waals surface area contributed by atoms with E-state index < -0.39 is 0 Å². The van der Waals surface area contributed by atoms with Crippen molar-refractivity contribution >= 4 is 0 Å². The van der Waals surface area contributed by atoms with Crippen LogP contribution in [0.4, 0.5) is 0 Å². The van der Waals surface area contributed by atoms with Gasteiger partial charge in [-0.3, -0.25) is 0 Å². The van der Waals surface area contributed by atoms with Crippen LogP contribution < -0.4 is 11.1 Å². The highest BCUT2D eigenvalue weighted by Crippen LogP contribution is 2.36. The summed E-state index contributed by atoms with van der Waals surface area (Å²) in [7, 11) is 1.72. The second-order valence-corrected chi connectivity index (χ2v) is 4.74. The molecule has 1 unspecified atom stereocenters. The van der Waals surface area contributed by atoms with Gasteiger partial charge < -0.3 is 15.8 Å². The average molecular weight is 200 g/mol. The van der Waals surface area contributed by atoms with Gasteiger partial charge in [0, 0.05) is 26.7 Å². The van der Waals surface area contributed by atoms with Crippen LogP contribution in [0.15, 0.2) is 0 Å². The molecule has 84 valence electrons. The fraction of sp³-hybridized carbons (Fsp3) is 1.00. The molecule has 1 aliphatic rings. The minimum atomic E-state index is 0.167. The summed E-state index contributed by atoms with van der Waals surface area (Å²) in [5.41, 5.74) is 6.07. The van der Waals surface area contributed by atoms with Crippen molar-refractivity contribution < 1.29 is 4.74 Å². The number of hydrogen-bond donors (Lipinski definition) is 2. The van der Waals surface area contributed by atoms with Gasteiger partial charge in [-0.25, -0.2) is 0 Å². The zero-order valence-electron chi connectivity index (χ0n) is 9.51. The first-order valence-electron chi connectivity index (χ1n) is 5.64. The van der Waals surface area contributed by atoms with Crippen LogP contribution >= 0.6 is 0 Å². The predicted molar refractivity (Wildman–Crippen MR) is 59.3 cm³/mol. The number of methoxy groups -OCH3 is 1. The van der Waals surface area contributed by atoms with E-state index >= 15 is 0 Å². The van der Waals surface area contributed by atoms with Crippen LogP contribution in [-0.2, 0) is 4.74 Å². The molecule has 0 radical (unpaired) electrons. The van der Waals surface area contributed by atoms with Gasteiger partial charge in [0.2, 0.25) is 0 Å². The smallest absolute Gasteiger partial charge is 0.0817 e. The SMILES string of the molecule is COC(CN)CNCC1(C)CCCC1. The van der Waals surface area contributed by atoms with Gasteiger partial charge in [-0.1, -0.05) is 19.8 Å². The molecule has 3 nitrogen and oxygen atoms in total. The second-order valence-electron chi connectivity index (χ2n) is 4.74. The van der Waals surface area contributed by atoms with Gasteiger partial charge in [-0.2, -0.15) is 0 Å². The predicted octanol–water partition coefficient (Wildman–Crippen LogP) is 1.13. The van der Waals surface area contributed by atoms with Crippen LogP contribution in [0.2, 0.25) is 0 Å². The molecule has 1 fully saturated rings. The molecule has 1 atom stereocenters. The van der Waals surface area contributed by atoms with Gasteiger partial charge in [-0.15, -0.1) is 0 Å². The van der Waals surface area contributed by atoms with E-state index in [0.717, 1.165) is 13.1 Å². The molecule has 1 aliphatic carbocycles. The Morgan fingerprint density at radius 2 is 2.07 bits per heavy atom. The van der Waals surface area contributed by atoms with Crippen LogP contribution in [0.25, 0.3) is 0 Å². The van der Waals surface area contributed by atoms with E-state index in [4.69, 9.17) is 10.5 Å². The van der Waals surface area contributed by atoms with E-state index in [0.29, 0.717) is 12.0 Å². The topological polar surface area (TPSA) is 47.3 Å². The molecule has 0 aromatic carbocycles. The lowest BCUT2D eigenvalue weighted by Gasteiger charge is -2.25. The van der Waals surface area contributed by atoms with Crippen LogP contribution in [0.3, 0.4) is 0 Å². The van der Waals surface area contributed by atoms with Gasteiger partial charge in [0.25, 0.3) is 0 Å². The first-order chi connectivity index (χ1) is 6.70. The van der Waals surface area contributed by atoms with Crippen LogP contribution in [0.5, 0.6) is 0 Å². The fourth-order valence-electron chi connectivity index (χ4n) is 2.20. The first-order valence-corrected chi connectivity index (χ1v) is 5.64. The molecular formula is C11H24N2O. The van der Waals surface area contributed by atoms with Gasteiger partial charge in [0.15, 0.2) is 0 Å². The molecule has 0 bridgehead atoms. The number of nitrogens with one attached hydrogen (secondary N) is 1. The molecule has 1 saturated carbocycles. The van der Waals surface area contributed by atoms with E-state index in [1.165, 1.54) is 25.7 Å². The monoisotopic (exact) mass is 200 g/mol. The van der Waals surface area contributed by atoms with Crippen LogP contribution in [-0.4, -0.2) is 32.8 Å². The summed E-state index contributed by atoms with van der Waals surface area (Å²) in [6, 6.07) is 0. The minimum Gasteiger partial charge on any atom is -0.379 e. The van der Waals surface area contributed by atoms with Gasteiger partial charge in [0.1, 0.15) is 0 Å². The molecule has 0 aliphatic heterocycles. The highest BCUT2D eigenvalue weighted by atomic mass is 16.5. The highest BCUT2D eigenvalue weighted by molar-refractivity contribution is 4.82. The molecule has 3 heteroatoms. The number of hydrogen-bond acceptors (Lipinski definition) is 3. The Balaban J connectivity index is 2.13. The zero-order valence-corrected chi connectivity index (χ0v) is 9.51. The second kappa shape index (κ2) is 5.69. The Bertz CT molecular complexity index is 151. The van der Waals surface area contributed by atoms with E-state index in [9.17, 15) is 0 Å². The third-order valence-electron chi connectivity index (χ3n) is 3.33. The lowest BCUT2D eigenvalue weighted by atomic mass is 9.89. The van der Waals surface area contributed by atoms with E-state index in [2.05, 4.69) is 12.2 Å². The molecule has 14 heavy (non-hydrogen) atoms. The minimum absolute atomic E-state index is 0.167. The van der Waals surface area contributed by atoms with E-state index in [-0.39, 0.29) is 6.10 Å². The van der Waals surface area contributed by atoms with Crippen molar-refractivity contribution in [2.75, 3.05) is 26.7 Å². The van der Waals surface area contributed by atoms with Crippen molar-refractivity contribution in [2.45, 2.75) is 38.7 Å². The van der Waals surface area contributed by atoms with Gasteiger partial charge in [0.05, 0.1) is 6.10 Å². The van der Waals surface area contributed by atoms with E-state index in [1.807, 2.05) is 0 Å². The molecule has 0 aromatic heterocycles. The number of nitrogens with two attached hydrogens (primary N) is 1. The summed E-state index contributed by atoms with van der Waals surface area (Å²) in [4.78, 5) is 0. The summed E-state index contributed by atoms with van der Waals surface area (Å²) in [6.45, 7) is 4.95. The Kier molecular flexibility index (Phi) is 4.85. The lowest BCUT2D eigenvalue weighted by Crippen LogP contribution is -2.38. The Morgan fingerprint density at radius 3 is 2.57 bits per heavy atom. The summed E-state index contributed by atoms with van der Waals surface area (Å²) in [5, 5.41) is 3.46. The van der Waals surface area contributed by atoms with Crippen molar-refractivity contribution in [2.24, 2.45) is 11.1 Å². The molecule has 0 saturated heterocycles. The maximum Gasteiger partial charge on any atom is 0.0817 e.